The van der Waals surface area contributed by atoms with Crippen LogP contribution >= 0.6 is 0 Å². The van der Waals surface area contributed by atoms with Gasteiger partial charge in [-0.05, 0) is 38.3 Å². The Bertz CT molecular complexity index is 464. The zero-order chi connectivity index (χ0) is 12.6. The first kappa shape index (κ1) is 11.7. The van der Waals surface area contributed by atoms with E-state index in [1.54, 1.807) is 0 Å². The molecule has 0 aliphatic carbocycles. The summed E-state index contributed by atoms with van der Waals surface area (Å²) < 4.78 is 0. The van der Waals surface area contributed by atoms with E-state index in [4.69, 9.17) is 5.11 Å². The van der Waals surface area contributed by atoms with Crippen LogP contribution in [0, 0.1) is 13.8 Å². The quantitative estimate of drug-likeness (QED) is 0.813. The smallest absolute Gasteiger partial charge is 0.326 e. The van der Waals surface area contributed by atoms with Gasteiger partial charge in [0, 0.05) is 12.2 Å². The van der Waals surface area contributed by atoms with Crippen molar-refractivity contribution in [1.29, 1.82) is 0 Å². The number of aliphatic carboxylic acids is 1. The highest BCUT2D eigenvalue weighted by atomic mass is 16.4. The second-order valence-corrected chi connectivity index (χ2v) is 4.51. The average molecular weight is 236 g/mol. The van der Waals surface area contributed by atoms with E-state index in [2.05, 4.69) is 4.98 Å². The van der Waals surface area contributed by atoms with Gasteiger partial charge in [0.05, 0.1) is 0 Å². The van der Waals surface area contributed by atoms with Crippen LogP contribution in [0.2, 0.25) is 0 Å². The van der Waals surface area contributed by atoms with Gasteiger partial charge in [0.1, 0.15) is 11.7 Å². The molecule has 0 bridgehead atoms. The first-order valence-electron chi connectivity index (χ1n) is 5.70. The highest BCUT2D eigenvalue weighted by Crippen LogP contribution is 2.21. The number of nitrogens with zero attached hydrogens (tertiary/aromatic N) is 1. The van der Waals surface area contributed by atoms with Crippen molar-refractivity contribution in [3.8, 4) is 0 Å². The summed E-state index contributed by atoms with van der Waals surface area (Å²) in [7, 11) is 0. The summed E-state index contributed by atoms with van der Waals surface area (Å²) in [5, 5.41) is 9.05. The van der Waals surface area contributed by atoms with Crippen molar-refractivity contribution < 1.29 is 14.7 Å². The lowest BCUT2D eigenvalue weighted by molar-refractivity contribution is -0.141. The fraction of sp³-hybridized carbons (Fsp3) is 0.500. The zero-order valence-corrected chi connectivity index (χ0v) is 9.99. The molecule has 0 spiro atoms. The number of aromatic nitrogens is 1. The highest BCUT2D eigenvalue weighted by Gasteiger charge is 2.35. The van der Waals surface area contributed by atoms with Gasteiger partial charge in [-0.3, -0.25) is 4.79 Å². The Morgan fingerprint density at radius 2 is 2.18 bits per heavy atom. The molecule has 5 heteroatoms. The number of hydrogen-bond donors (Lipinski definition) is 2. The van der Waals surface area contributed by atoms with Crippen LogP contribution in [0.1, 0.15) is 34.6 Å². The molecule has 1 aliphatic rings. The van der Waals surface area contributed by atoms with E-state index in [-0.39, 0.29) is 5.91 Å². The average Bonchev–Trinajstić information content (AvgIpc) is 2.83. The molecule has 1 aromatic heterocycles. The maximum absolute atomic E-state index is 12.2. The third-order valence-corrected chi connectivity index (χ3v) is 3.16. The van der Waals surface area contributed by atoms with Gasteiger partial charge in [0.25, 0.3) is 5.91 Å². The molecule has 1 aromatic rings. The maximum atomic E-state index is 12.2. The summed E-state index contributed by atoms with van der Waals surface area (Å²) in [6, 6.07) is 1.21. The molecule has 1 amide bonds. The van der Waals surface area contributed by atoms with Gasteiger partial charge < -0.3 is 15.0 Å². The van der Waals surface area contributed by atoms with Crippen LogP contribution in [0.3, 0.4) is 0 Å². The molecule has 1 saturated heterocycles. The van der Waals surface area contributed by atoms with E-state index in [1.165, 1.54) is 4.90 Å². The number of aryl methyl sites for hydroxylation is 2. The summed E-state index contributed by atoms with van der Waals surface area (Å²) in [4.78, 5) is 27.7. The fourth-order valence-electron chi connectivity index (χ4n) is 2.36. The van der Waals surface area contributed by atoms with E-state index < -0.39 is 12.0 Å². The van der Waals surface area contributed by atoms with Crippen molar-refractivity contribution in [3.05, 3.63) is 23.0 Å². The van der Waals surface area contributed by atoms with Gasteiger partial charge in [-0.25, -0.2) is 4.79 Å². The molecule has 1 atom stereocenters. The van der Waals surface area contributed by atoms with Crippen molar-refractivity contribution >= 4 is 11.9 Å². The molecule has 1 unspecified atom stereocenters. The standard InChI is InChI=1S/C12H16N2O3/c1-7-6-8(2)13-10(7)11(15)14-5-3-4-9(14)12(16)17/h6,9,13H,3-5H2,1-2H3,(H,16,17). The van der Waals surface area contributed by atoms with Crippen LogP contribution < -0.4 is 0 Å². The lowest BCUT2D eigenvalue weighted by Gasteiger charge is -2.21. The molecule has 1 aliphatic heterocycles. The van der Waals surface area contributed by atoms with E-state index in [9.17, 15) is 9.59 Å². The summed E-state index contributed by atoms with van der Waals surface area (Å²) in [6.07, 6.45) is 1.29. The van der Waals surface area contributed by atoms with Crippen LogP contribution in [-0.4, -0.2) is 39.5 Å². The molecule has 2 heterocycles. The number of nitrogens with one attached hydrogen (secondary N) is 1. The number of carbonyl (C=O) groups is 2. The summed E-state index contributed by atoms with van der Waals surface area (Å²) >= 11 is 0. The van der Waals surface area contributed by atoms with Crippen molar-refractivity contribution in [3.63, 3.8) is 0 Å². The maximum Gasteiger partial charge on any atom is 0.326 e. The summed E-state index contributed by atoms with van der Waals surface area (Å²) in [6.45, 7) is 4.25. The number of carbonyl (C=O) groups excluding carboxylic acids is 1. The Kier molecular flexibility index (Phi) is 2.92. The number of carboxylic acids is 1. The number of carboxylic acid groups (broad SMARTS) is 1. The van der Waals surface area contributed by atoms with Gasteiger partial charge in [-0.15, -0.1) is 0 Å². The van der Waals surface area contributed by atoms with Gasteiger partial charge in [0.15, 0.2) is 0 Å². The molecule has 0 aromatic carbocycles. The Morgan fingerprint density at radius 3 is 2.71 bits per heavy atom. The molecule has 5 nitrogen and oxygen atoms in total. The first-order valence-corrected chi connectivity index (χ1v) is 5.70. The topological polar surface area (TPSA) is 73.4 Å². The molecular weight excluding hydrogens is 220 g/mol. The Labute approximate surface area is 99.4 Å². The molecule has 2 N–H and O–H groups in total. The minimum atomic E-state index is -0.920. The molecule has 0 saturated carbocycles. The third-order valence-electron chi connectivity index (χ3n) is 3.16. The number of hydrogen-bond acceptors (Lipinski definition) is 2. The van der Waals surface area contributed by atoms with Crippen LogP contribution in [0.15, 0.2) is 6.07 Å². The molecule has 92 valence electrons. The number of rotatable bonds is 2. The first-order chi connectivity index (χ1) is 8.00. The van der Waals surface area contributed by atoms with Gasteiger partial charge in [-0.1, -0.05) is 0 Å². The SMILES string of the molecule is Cc1cc(C)c(C(=O)N2CCCC2C(=O)O)[nH]1. The van der Waals surface area contributed by atoms with E-state index >= 15 is 0 Å². The third kappa shape index (κ3) is 2.05. The van der Waals surface area contributed by atoms with Crippen LogP contribution in [0.25, 0.3) is 0 Å². The molecule has 17 heavy (non-hydrogen) atoms. The predicted molar refractivity (Wildman–Crippen MR) is 62.0 cm³/mol. The number of likely N-dealkylation sites (tertiary alicyclic amines) is 1. The number of amides is 1. The van der Waals surface area contributed by atoms with Crippen molar-refractivity contribution in [2.45, 2.75) is 32.7 Å². The van der Waals surface area contributed by atoms with E-state index in [1.807, 2.05) is 19.9 Å². The molecular formula is C12H16N2O3. The fourth-order valence-corrected chi connectivity index (χ4v) is 2.36. The van der Waals surface area contributed by atoms with Crippen LogP contribution in [-0.2, 0) is 4.79 Å². The van der Waals surface area contributed by atoms with Crippen molar-refractivity contribution in [1.82, 2.24) is 9.88 Å². The summed E-state index contributed by atoms with van der Waals surface area (Å²) in [5.74, 6) is -1.13. The molecule has 1 fully saturated rings. The second kappa shape index (κ2) is 4.24. The van der Waals surface area contributed by atoms with Gasteiger partial charge in [0.2, 0.25) is 0 Å². The molecule has 2 rings (SSSR count). The number of aromatic amines is 1. The second-order valence-electron chi connectivity index (χ2n) is 4.51. The lowest BCUT2D eigenvalue weighted by atomic mass is 10.2. The largest absolute Gasteiger partial charge is 0.480 e. The van der Waals surface area contributed by atoms with Gasteiger partial charge >= 0.3 is 5.97 Å². The van der Waals surface area contributed by atoms with Crippen molar-refractivity contribution in [2.75, 3.05) is 6.54 Å². The number of H-pyrrole nitrogens is 1. The Hall–Kier alpha value is -1.78. The minimum Gasteiger partial charge on any atom is -0.480 e. The predicted octanol–water partition coefficient (Wildman–Crippen LogP) is 1.32. The molecule has 0 radical (unpaired) electrons. The van der Waals surface area contributed by atoms with E-state index in [0.717, 1.165) is 17.7 Å². The minimum absolute atomic E-state index is 0.208. The van der Waals surface area contributed by atoms with Gasteiger partial charge in [-0.2, -0.15) is 0 Å². The van der Waals surface area contributed by atoms with Crippen LogP contribution in [0.4, 0.5) is 0 Å². The Balaban J connectivity index is 2.25. The van der Waals surface area contributed by atoms with Crippen LogP contribution in [0.5, 0.6) is 0 Å². The monoisotopic (exact) mass is 236 g/mol. The highest BCUT2D eigenvalue weighted by molar-refractivity contribution is 5.96. The zero-order valence-electron chi connectivity index (χ0n) is 9.99. The van der Waals surface area contributed by atoms with E-state index in [0.29, 0.717) is 18.7 Å². The summed E-state index contributed by atoms with van der Waals surface area (Å²) in [5.41, 5.74) is 2.29. The normalized spacial score (nSPS) is 19.6. The lowest BCUT2D eigenvalue weighted by Crippen LogP contribution is -2.40. The Morgan fingerprint density at radius 1 is 1.47 bits per heavy atom. The van der Waals surface area contributed by atoms with Crippen molar-refractivity contribution in [2.24, 2.45) is 0 Å².